The zero-order valence-electron chi connectivity index (χ0n) is 21.9. The topological polar surface area (TPSA) is 77.0 Å². The highest BCUT2D eigenvalue weighted by Gasteiger charge is 2.24. The van der Waals surface area contributed by atoms with Crippen LogP contribution in [-0.4, -0.2) is 71.5 Å². The minimum atomic E-state index is -0.326. The number of rotatable bonds is 9. The molecule has 2 heterocycles. The molecule has 1 saturated heterocycles. The number of aliphatic hydroxyl groups excluding tert-OH is 1. The minimum Gasteiger partial charge on any atom is -0.393 e. The summed E-state index contributed by atoms with van der Waals surface area (Å²) in [5.41, 5.74) is 2.58. The van der Waals surface area contributed by atoms with Gasteiger partial charge in [0.15, 0.2) is 0 Å². The van der Waals surface area contributed by atoms with Gasteiger partial charge in [-0.25, -0.2) is 9.37 Å². The van der Waals surface area contributed by atoms with Crippen LogP contribution in [0.2, 0.25) is 5.02 Å². The number of anilines is 1. The van der Waals surface area contributed by atoms with Crippen molar-refractivity contribution >= 4 is 40.1 Å². The van der Waals surface area contributed by atoms with Crippen LogP contribution in [0.3, 0.4) is 0 Å². The summed E-state index contributed by atoms with van der Waals surface area (Å²) in [6.07, 6.45) is 1.75. The van der Waals surface area contributed by atoms with E-state index in [2.05, 4.69) is 4.90 Å². The van der Waals surface area contributed by atoms with Crippen LogP contribution in [0, 0.1) is 5.82 Å². The summed E-state index contributed by atoms with van der Waals surface area (Å²) in [5.74, 6) is 0.241. The lowest BCUT2D eigenvalue weighted by Crippen LogP contribution is -2.38. The van der Waals surface area contributed by atoms with Gasteiger partial charge in [0.05, 0.1) is 11.6 Å². The molecule has 9 heteroatoms. The SMILES string of the molecule is CN(C)C(=O)CCC(=O)N(CCc1ccc(F)cc1)Cc1cc2ccc(Cl)cc2nc1N1CCC(O)CC1. The molecule has 0 atom stereocenters. The van der Waals surface area contributed by atoms with Gasteiger partial charge in [-0.2, -0.15) is 0 Å². The third kappa shape index (κ3) is 7.20. The van der Waals surface area contributed by atoms with Crippen LogP contribution >= 0.6 is 11.6 Å². The Kier molecular flexibility index (Phi) is 9.17. The lowest BCUT2D eigenvalue weighted by atomic mass is 10.1. The fourth-order valence-corrected chi connectivity index (χ4v) is 4.82. The summed E-state index contributed by atoms with van der Waals surface area (Å²) in [7, 11) is 3.35. The van der Waals surface area contributed by atoms with Gasteiger partial charge in [-0.05, 0) is 55.2 Å². The van der Waals surface area contributed by atoms with Crippen LogP contribution in [0.4, 0.5) is 10.2 Å². The smallest absolute Gasteiger partial charge is 0.223 e. The molecule has 202 valence electrons. The molecule has 0 saturated carbocycles. The number of hydrogen-bond acceptors (Lipinski definition) is 5. The Bertz CT molecular complexity index is 1280. The van der Waals surface area contributed by atoms with Gasteiger partial charge < -0.3 is 19.8 Å². The van der Waals surface area contributed by atoms with Crippen molar-refractivity contribution in [1.29, 1.82) is 0 Å². The normalized spacial score (nSPS) is 14.1. The summed E-state index contributed by atoms with van der Waals surface area (Å²) >= 11 is 6.24. The molecule has 0 aliphatic carbocycles. The Labute approximate surface area is 227 Å². The Hall–Kier alpha value is -3.23. The largest absolute Gasteiger partial charge is 0.393 e. The molecule has 2 amide bonds. The summed E-state index contributed by atoms with van der Waals surface area (Å²) < 4.78 is 13.4. The number of halogens is 2. The number of carbonyl (C=O) groups excluding carboxylic acids is 2. The van der Waals surface area contributed by atoms with Gasteiger partial charge in [0.1, 0.15) is 11.6 Å². The van der Waals surface area contributed by atoms with E-state index in [1.807, 2.05) is 24.3 Å². The Morgan fingerprint density at radius 1 is 1.05 bits per heavy atom. The number of amides is 2. The van der Waals surface area contributed by atoms with Crippen LogP contribution in [0.5, 0.6) is 0 Å². The summed E-state index contributed by atoms with van der Waals surface area (Å²) in [6, 6.07) is 13.9. The first kappa shape index (κ1) is 27.8. The van der Waals surface area contributed by atoms with E-state index in [1.165, 1.54) is 17.0 Å². The van der Waals surface area contributed by atoms with Crippen molar-refractivity contribution in [2.45, 2.75) is 44.8 Å². The molecule has 3 aromatic rings. The molecule has 1 aliphatic heterocycles. The molecule has 1 fully saturated rings. The fourth-order valence-electron chi connectivity index (χ4n) is 4.65. The summed E-state index contributed by atoms with van der Waals surface area (Å²) in [5, 5.41) is 11.5. The van der Waals surface area contributed by atoms with E-state index in [9.17, 15) is 19.1 Å². The first-order valence-electron chi connectivity index (χ1n) is 12.9. The number of hydrogen-bond donors (Lipinski definition) is 1. The fraction of sp³-hybridized carbons (Fsp3) is 0.414. The van der Waals surface area contributed by atoms with E-state index in [0.29, 0.717) is 50.5 Å². The third-order valence-corrected chi connectivity index (χ3v) is 7.18. The zero-order valence-corrected chi connectivity index (χ0v) is 22.6. The van der Waals surface area contributed by atoms with E-state index in [-0.39, 0.29) is 36.6 Å². The second-order valence-electron chi connectivity index (χ2n) is 10.0. The van der Waals surface area contributed by atoms with Crippen molar-refractivity contribution in [2.24, 2.45) is 0 Å². The van der Waals surface area contributed by atoms with Crippen molar-refractivity contribution in [3.8, 4) is 0 Å². The van der Waals surface area contributed by atoms with E-state index < -0.39 is 0 Å². The first-order chi connectivity index (χ1) is 18.2. The average Bonchev–Trinajstić information content (AvgIpc) is 2.90. The van der Waals surface area contributed by atoms with Gasteiger partial charge in [0.2, 0.25) is 11.8 Å². The highest BCUT2D eigenvalue weighted by molar-refractivity contribution is 6.31. The maximum atomic E-state index is 13.4. The Balaban J connectivity index is 1.63. The summed E-state index contributed by atoms with van der Waals surface area (Å²) in [6.45, 7) is 2.05. The first-order valence-corrected chi connectivity index (χ1v) is 13.3. The van der Waals surface area contributed by atoms with E-state index in [4.69, 9.17) is 16.6 Å². The van der Waals surface area contributed by atoms with Gasteiger partial charge in [-0.15, -0.1) is 0 Å². The maximum Gasteiger partial charge on any atom is 0.223 e. The summed E-state index contributed by atoms with van der Waals surface area (Å²) in [4.78, 5) is 35.9. The number of piperidine rings is 1. The van der Waals surface area contributed by atoms with E-state index >= 15 is 0 Å². The second-order valence-corrected chi connectivity index (χ2v) is 10.4. The number of benzene rings is 2. The quantitative estimate of drug-likeness (QED) is 0.434. The molecule has 4 rings (SSSR count). The molecular weight excluding hydrogens is 507 g/mol. The lowest BCUT2D eigenvalue weighted by molar-refractivity contribution is -0.136. The van der Waals surface area contributed by atoms with Gasteiger partial charge in [0, 0.05) is 69.1 Å². The van der Waals surface area contributed by atoms with Crippen LogP contribution < -0.4 is 4.90 Å². The van der Waals surface area contributed by atoms with E-state index in [1.54, 1.807) is 31.1 Å². The second kappa shape index (κ2) is 12.5. The van der Waals surface area contributed by atoms with Crippen molar-refractivity contribution in [3.05, 3.63) is 70.5 Å². The third-order valence-electron chi connectivity index (χ3n) is 6.95. The lowest BCUT2D eigenvalue weighted by Gasteiger charge is -2.33. The van der Waals surface area contributed by atoms with Crippen molar-refractivity contribution in [1.82, 2.24) is 14.8 Å². The molecule has 1 N–H and O–H groups in total. The monoisotopic (exact) mass is 540 g/mol. The number of aliphatic hydroxyl groups is 1. The predicted octanol–water partition coefficient (Wildman–Crippen LogP) is 4.43. The van der Waals surface area contributed by atoms with Crippen molar-refractivity contribution in [3.63, 3.8) is 0 Å². The number of aromatic nitrogens is 1. The number of fused-ring (bicyclic) bond motifs is 1. The molecule has 1 aromatic heterocycles. The molecule has 1 aliphatic rings. The van der Waals surface area contributed by atoms with E-state index in [0.717, 1.165) is 27.8 Å². The molecule has 2 aromatic carbocycles. The van der Waals surface area contributed by atoms with Crippen LogP contribution in [-0.2, 0) is 22.6 Å². The Morgan fingerprint density at radius 3 is 2.42 bits per heavy atom. The molecule has 0 bridgehead atoms. The predicted molar refractivity (Wildman–Crippen MR) is 148 cm³/mol. The van der Waals surface area contributed by atoms with Crippen LogP contribution in [0.25, 0.3) is 10.9 Å². The minimum absolute atomic E-state index is 0.0995. The maximum absolute atomic E-state index is 13.4. The molecule has 0 spiro atoms. The molecule has 7 nitrogen and oxygen atoms in total. The standard InChI is InChI=1S/C29H34ClFN4O3/c1-33(2)27(37)9-10-28(38)35(14-11-20-3-7-24(31)8-4-20)19-22-17-21-5-6-23(30)18-26(21)32-29(22)34-15-12-25(36)13-16-34/h3-8,17-18,25,36H,9-16,19H2,1-2H3. The van der Waals surface area contributed by atoms with Crippen LogP contribution in [0.1, 0.15) is 36.8 Å². The average molecular weight is 541 g/mol. The van der Waals surface area contributed by atoms with Crippen molar-refractivity contribution in [2.75, 3.05) is 38.6 Å². The van der Waals surface area contributed by atoms with Gasteiger partial charge >= 0.3 is 0 Å². The Morgan fingerprint density at radius 2 is 1.74 bits per heavy atom. The molecule has 0 unspecified atom stereocenters. The number of carbonyl (C=O) groups is 2. The van der Waals surface area contributed by atoms with Gasteiger partial charge in [-0.3, -0.25) is 9.59 Å². The molecular formula is C29H34ClFN4O3. The highest BCUT2D eigenvalue weighted by Crippen LogP contribution is 2.29. The molecule has 38 heavy (non-hydrogen) atoms. The van der Waals surface area contributed by atoms with Crippen LogP contribution in [0.15, 0.2) is 48.5 Å². The van der Waals surface area contributed by atoms with Gasteiger partial charge in [0.25, 0.3) is 0 Å². The number of nitrogens with zero attached hydrogens (tertiary/aromatic N) is 4. The number of pyridine rings is 1. The molecule has 0 radical (unpaired) electrons. The van der Waals surface area contributed by atoms with Gasteiger partial charge in [-0.1, -0.05) is 29.8 Å². The van der Waals surface area contributed by atoms with Crippen molar-refractivity contribution < 1.29 is 19.1 Å². The zero-order chi connectivity index (χ0) is 27.2. The highest BCUT2D eigenvalue weighted by atomic mass is 35.5.